The van der Waals surface area contributed by atoms with Crippen LogP contribution in [0, 0.1) is 12.7 Å². The molecular weight excluding hydrogens is 197 g/mol. The zero-order valence-electron chi connectivity index (χ0n) is 8.63. The Kier molecular flexibility index (Phi) is 3.55. The minimum atomic E-state index is -0.573. The Hall–Kier alpha value is -1.71. The van der Waals surface area contributed by atoms with E-state index in [0.29, 0.717) is 0 Å². The lowest BCUT2D eigenvalue weighted by Crippen LogP contribution is -2.28. The van der Waals surface area contributed by atoms with Crippen molar-refractivity contribution in [1.29, 1.82) is 0 Å². The Labute approximate surface area is 87.3 Å². The van der Waals surface area contributed by atoms with E-state index in [1.54, 1.807) is 13.0 Å². The lowest BCUT2D eigenvalue weighted by Gasteiger charge is -2.04. The molecule has 4 heteroatoms. The highest BCUT2D eigenvalue weighted by atomic mass is 19.1. The highest BCUT2D eigenvalue weighted by Gasteiger charge is 2.11. The number of benzene rings is 1. The van der Waals surface area contributed by atoms with Gasteiger partial charge in [-0.05, 0) is 31.5 Å². The van der Waals surface area contributed by atoms with Crippen LogP contribution in [0.25, 0.3) is 0 Å². The molecule has 80 valence electrons. The lowest BCUT2D eigenvalue weighted by atomic mass is 10.1. The Balaban J connectivity index is 2.78. The first-order valence-electron chi connectivity index (χ1n) is 4.54. The van der Waals surface area contributed by atoms with Crippen LogP contribution in [0.15, 0.2) is 18.2 Å². The SMILES string of the molecule is CC(=O)CNC(=O)c1ccc(C)cc1F. The summed E-state index contributed by atoms with van der Waals surface area (Å²) in [5.74, 6) is -1.31. The van der Waals surface area contributed by atoms with E-state index in [0.717, 1.165) is 5.56 Å². The Morgan fingerprint density at radius 2 is 2.07 bits per heavy atom. The highest BCUT2D eigenvalue weighted by molar-refractivity contribution is 5.96. The molecule has 1 amide bonds. The summed E-state index contributed by atoms with van der Waals surface area (Å²) in [4.78, 5) is 22.0. The molecule has 0 aliphatic rings. The number of Topliss-reactive ketones (excluding diaryl/α,β-unsaturated/α-hetero) is 1. The van der Waals surface area contributed by atoms with E-state index < -0.39 is 11.7 Å². The van der Waals surface area contributed by atoms with Crippen molar-refractivity contribution in [2.45, 2.75) is 13.8 Å². The molecule has 0 aliphatic heterocycles. The van der Waals surface area contributed by atoms with Crippen LogP contribution in [-0.2, 0) is 4.79 Å². The van der Waals surface area contributed by atoms with Crippen LogP contribution >= 0.6 is 0 Å². The number of carbonyl (C=O) groups excluding carboxylic acids is 2. The van der Waals surface area contributed by atoms with Gasteiger partial charge in [-0.1, -0.05) is 6.07 Å². The van der Waals surface area contributed by atoms with Crippen molar-refractivity contribution in [2.24, 2.45) is 0 Å². The van der Waals surface area contributed by atoms with Crippen LogP contribution < -0.4 is 5.32 Å². The number of hydrogen-bond donors (Lipinski definition) is 1. The van der Waals surface area contributed by atoms with Crippen molar-refractivity contribution in [2.75, 3.05) is 6.54 Å². The van der Waals surface area contributed by atoms with Crippen molar-refractivity contribution in [3.63, 3.8) is 0 Å². The second-order valence-electron chi connectivity index (χ2n) is 3.37. The zero-order chi connectivity index (χ0) is 11.4. The molecule has 0 radical (unpaired) electrons. The number of hydrogen-bond acceptors (Lipinski definition) is 2. The smallest absolute Gasteiger partial charge is 0.254 e. The summed E-state index contributed by atoms with van der Waals surface area (Å²) in [6.07, 6.45) is 0. The van der Waals surface area contributed by atoms with E-state index >= 15 is 0 Å². The minimum absolute atomic E-state index is 0.0400. The predicted molar refractivity (Wildman–Crippen MR) is 54.2 cm³/mol. The van der Waals surface area contributed by atoms with Crippen molar-refractivity contribution in [3.05, 3.63) is 35.1 Å². The van der Waals surface area contributed by atoms with Gasteiger partial charge in [0.15, 0.2) is 0 Å². The van der Waals surface area contributed by atoms with Gasteiger partial charge in [0.25, 0.3) is 5.91 Å². The molecule has 0 spiro atoms. The molecular formula is C11H12FNO2. The average molecular weight is 209 g/mol. The maximum absolute atomic E-state index is 13.3. The fourth-order valence-electron chi connectivity index (χ4n) is 1.10. The Morgan fingerprint density at radius 1 is 1.40 bits per heavy atom. The normalized spacial score (nSPS) is 9.80. The molecule has 0 heterocycles. The number of amides is 1. The second-order valence-corrected chi connectivity index (χ2v) is 3.37. The van der Waals surface area contributed by atoms with Gasteiger partial charge < -0.3 is 5.32 Å². The van der Waals surface area contributed by atoms with E-state index in [4.69, 9.17) is 0 Å². The molecule has 0 unspecified atom stereocenters. The fourth-order valence-corrected chi connectivity index (χ4v) is 1.10. The van der Waals surface area contributed by atoms with Gasteiger partial charge in [-0.25, -0.2) is 4.39 Å². The third kappa shape index (κ3) is 3.16. The molecule has 0 saturated heterocycles. The van der Waals surface area contributed by atoms with E-state index in [2.05, 4.69) is 5.32 Å². The molecule has 15 heavy (non-hydrogen) atoms. The van der Waals surface area contributed by atoms with Gasteiger partial charge in [0, 0.05) is 0 Å². The van der Waals surface area contributed by atoms with Crippen molar-refractivity contribution < 1.29 is 14.0 Å². The minimum Gasteiger partial charge on any atom is -0.345 e. The van der Waals surface area contributed by atoms with Crippen molar-refractivity contribution >= 4 is 11.7 Å². The van der Waals surface area contributed by atoms with E-state index in [9.17, 15) is 14.0 Å². The number of carbonyl (C=O) groups is 2. The van der Waals surface area contributed by atoms with E-state index in [-0.39, 0.29) is 17.9 Å². The summed E-state index contributed by atoms with van der Waals surface area (Å²) >= 11 is 0. The third-order valence-electron chi connectivity index (χ3n) is 1.87. The topological polar surface area (TPSA) is 46.2 Å². The molecule has 0 aromatic heterocycles. The molecule has 0 bridgehead atoms. The summed E-state index contributed by atoms with van der Waals surface area (Å²) in [6, 6.07) is 4.33. The number of rotatable bonds is 3. The molecule has 0 fully saturated rings. The van der Waals surface area contributed by atoms with Gasteiger partial charge in [-0.3, -0.25) is 9.59 Å². The van der Waals surface area contributed by atoms with Gasteiger partial charge >= 0.3 is 0 Å². The van der Waals surface area contributed by atoms with Gasteiger partial charge in [0.05, 0.1) is 12.1 Å². The summed E-state index contributed by atoms with van der Waals surface area (Å²) < 4.78 is 13.3. The molecule has 0 saturated carbocycles. The molecule has 0 atom stereocenters. The first-order chi connectivity index (χ1) is 7.00. The van der Waals surface area contributed by atoms with Crippen molar-refractivity contribution in [3.8, 4) is 0 Å². The van der Waals surface area contributed by atoms with Crippen LogP contribution in [0.1, 0.15) is 22.8 Å². The number of ketones is 1. The fraction of sp³-hybridized carbons (Fsp3) is 0.273. The zero-order valence-corrected chi connectivity index (χ0v) is 8.63. The number of halogens is 1. The number of nitrogens with one attached hydrogen (secondary N) is 1. The number of aryl methyl sites for hydroxylation is 1. The highest BCUT2D eigenvalue weighted by Crippen LogP contribution is 2.09. The summed E-state index contributed by atoms with van der Waals surface area (Å²) in [6.45, 7) is 3.01. The summed E-state index contributed by atoms with van der Waals surface area (Å²) in [7, 11) is 0. The molecule has 0 aliphatic carbocycles. The van der Waals surface area contributed by atoms with Crippen LogP contribution in [-0.4, -0.2) is 18.2 Å². The summed E-state index contributed by atoms with van der Waals surface area (Å²) in [5.41, 5.74) is 0.706. The standard InChI is InChI=1S/C11H12FNO2/c1-7-3-4-9(10(12)5-7)11(15)13-6-8(2)14/h3-5H,6H2,1-2H3,(H,13,15). The van der Waals surface area contributed by atoms with Crippen molar-refractivity contribution in [1.82, 2.24) is 5.32 Å². The monoisotopic (exact) mass is 209 g/mol. The van der Waals surface area contributed by atoms with Crippen LogP contribution in [0.2, 0.25) is 0 Å². The van der Waals surface area contributed by atoms with Gasteiger partial charge in [0.2, 0.25) is 0 Å². The van der Waals surface area contributed by atoms with Crippen LogP contribution in [0.4, 0.5) is 4.39 Å². The van der Waals surface area contributed by atoms with Crippen LogP contribution in [0.5, 0.6) is 0 Å². The molecule has 1 aromatic carbocycles. The second kappa shape index (κ2) is 4.68. The van der Waals surface area contributed by atoms with Gasteiger partial charge in [0.1, 0.15) is 11.6 Å². The van der Waals surface area contributed by atoms with Gasteiger partial charge in [-0.2, -0.15) is 0 Å². The first kappa shape index (κ1) is 11.4. The Bertz CT molecular complexity index is 402. The third-order valence-corrected chi connectivity index (χ3v) is 1.87. The van der Waals surface area contributed by atoms with Crippen LogP contribution in [0.3, 0.4) is 0 Å². The molecule has 1 aromatic rings. The quantitative estimate of drug-likeness (QED) is 0.819. The largest absolute Gasteiger partial charge is 0.345 e. The average Bonchev–Trinajstić information content (AvgIpc) is 2.14. The lowest BCUT2D eigenvalue weighted by molar-refractivity contribution is -0.116. The maximum atomic E-state index is 13.3. The van der Waals surface area contributed by atoms with E-state index in [1.807, 2.05) is 0 Å². The predicted octanol–water partition coefficient (Wildman–Crippen LogP) is 1.45. The van der Waals surface area contributed by atoms with E-state index in [1.165, 1.54) is 19.1 Å². The molecule has 1 rings (SSSR count). The van der Waals surface area contributed by atoms with Gasteiger partial charge in [-0.15, -0.1) is 0 Å². The molecule has 3 nitrogen and oxygen atoms in total. The molecule has 1 N–H and O–H groups in total. The maximum Gasteiger partial charge on any atom is 0.254 e. The first-order valence-corrected chi connectivity index (χ1v) is 4.54. The Morgan fingerprint density at radius 3 is 2.60 bits per heavy atom. The summed E-state index contributed by atoms with van der Waals surface area (Å²) in [5, 5.41) is 2.33.